The summed E-state index contributed by atoms with van der Waals surface area (Å²) >= 11 is 0. The molecule has 0 amide bonds. The topological polar surface area (TPSA) is 23.1 Å². The second-order valence-electron chi connectivity index (χ2n) is 1.66. The van der Waals surface area contributed by atoms with Crippen LogP contribution in [0, 0.1) is 6.61 Å². The molecule has 10 heavy (non-hydrogen) atoms. The van der Waals surface area contributed by atoms with Gasteiger partial charge in [-0.3, -0.25) is 0 Å². The first kappa shape index (κ1) is 24.6. The van der Waals surface area contributed by atoms with Crippen molar-refractivity contribution in [3.05, 3.63) is 6.61 Å². The minimum atomic E-state index is 0. The van der Waals surface area contributed by atoms with Crippen LogP contribution in [0.15, 0.2) is 0 Å². The average molecular weight is 357 g/mol. The molecule has 0 aromatic heterocycles. The molecule has 0 atom stereocenters. The summed E-state index contributed by atoms with van der Waals surface area (Å²) < 4.78 is 0. The summed E-state index contributed by atoms with van der Waals surface area (Å²) in [7, 11) is 0. The second kappa shape index (κ2) is 23.9. The van der Waals surface area contributed by atoms with Gasteiger partial charge in [-0.15, -0.1) is 0 Å². The molecule has 0 rings (SSSR count). The second-order valence-corrected chi connectivity index (χ2v) is 1.66. The zero-order valence-electron chi connectivity index (χ0n) is 7.81. The van der Waals surface area contributed by atoms with Crippen LogP contribution in [0.2, 0.25) is 0 Å². The molecule has 0 bridgehead atoms. The van der Waals surface area contributed by atoms with Crippen molar-refractivity contribution in [3.63, 3.8) is 0 Å². The first-order valence-electron chi connectivity index (χ1n) is 2.85. The first-order chi connectivity index (χ1) is 3.41. The van der Waals surface area contributed by atoms with E-state index in [2.05, 4.69) is 6.92 Å². The molecule has 0 unspecified atom stereocenters. The van der Waals surface area contributed by atoms with Crippen LogP contribution in [-0.2, 0) is 0 Å². The summed E-state index contributed by atoms with van der Waals surface area (Å²) in [6, 6.07) is 0. The fourth-order valence-corrected chi connectivity index (χ4v) is 0.478. The van der Waals surface area contributed by atoms with Crippen molar-refractivity contribution in [1.82, 2.24) is 0 Å². The molecular weight excluding hydrogens is 344 g/mol. The quantitative estimate of drug-likeness (QED) is 0.363. The van der Waals surface area contributed by atoms with E-state index in [1.807, 2.05) is 0 Å². The molecule has 0 saturated carbocycles. The van der Waals surface area contributed by atoms with Crippen molar-refractivity contribution in [2.75, 3.05) is 0 Å². The van der Waals surface area contributed by atoms with Gasteiger partial charge in [0.15, 0.2) is 0 Å². The van der Waals surface area contributed by atoms with Crippen molar-refractivity contribution in [2.24, 2.45) is 0 Å². The van der Waals surface area contributed by atoms with Crippen LogP contribution in [0.25, 0.3) is 0 Å². The van der Waals surface area contributed by atoms with E-state index < -0.39 is 0 Å². The number of hydrogen-bond acceptors (Lipinski definition) is 1. The van der Waals surface area contributed by atoms with E-state index in [9.17, 15) is 5.11 Å². The number of rotatable bonds is 4. The van der Waals surface area contributed by atoms with Crippen LogP contribution in [0.4, 0.5) is 0 Å². The zero-order chi connectivity index (χ0) is 5.54. The van der Waals surface area contributed by atoms with Gasteiger partial charge in [0.2, 0.25) is 0 Å². The molecule has 0 aliphatic rings. The van der Waals surface area contributed by atoms with Crippen molar-refractivity contribution in [3.8, 4) is 0 Å². The van der Waals surface area contributed by atoms with E-state index in [4.69, 9.17) is 0 Å². The van der Waals surface area contributed by atoms with E-state index in [0.29, 0.717) is 0 Å². The van der Waals surface area contributed by atoms with Gasteiger partial charge in [-0.25, -0.2) is 6.42 Å². The van der Waals surface area contributed by atoms with Gasteiger partial charge in [-0.1, -0.05) is 26.2 Å². The van der Waals surface area contributed by atoms with Gasteiger partial charge in [0.25, 0.3) is 0 Å². The van der Waals surface area contributed by atoms with Crippen molar-refractivity contribution in [1.29, 1.82) is 0 Å². The summed E-state index contributed by atoms with van der Waals surface area (Å²) in [4.78, 5) is 0. The summed E-state index contributed by atoms with van der Waals surface area (Å²) in [6.07, 6.45) is 4.21. The zero-order valence-corrected chi connectivity index (χ0v) is 22.6. The average Bonchev–Trinajstić information content (AvgIpc) is 1.69. The predicted octanol–water partition coefficient (Wildman–Crippen LogP) is -7.90. The summed E-state index contributed by atoms with van der Waals surface area (Å²) in [6.45, 7) is 3.11. The molecule has 4 heteroatoms. The maximum Gasteiger partial charge on any atom is 1.00 e. The van der Waals surface area contributed by atoms with E-state index in [1.165, 1.54) is 12.8 Å². The summed E-state index contributed by atoms with van der Waals surface area (Å²) in [5.74, 6) is 0. The summed E-state index contributed by atoms with van der Waals surface area (Å²) in [5, 5.41) is 9.68. The molecule has 0 spiro atoms. The third-order valence-electron chi connectivity index (χ3n) is 0.926. The van der Waals surface area contributed by atoms with Gasteiger partial charge >= 0.3 is 175 Å². The van der Waals surface area contributed by atoms with Crippen LogP contribution in [-0.4, -0.2) is 0 Å². The van der Waals surface area contributed by atoms with E-state index >= 15 is 0 Å². The molecule has 0 aromatic carbocycles. The van der Waals surface area contributed by atoms with E-state index in [1.54, 1.807) is 0 Å². The third-order valence-corrected chi connectivity index (χ3v) is 0.926. The molecule has 0 aliphatic carbocycles. The van der Waals surface area contributed by atoms with Crippen molar-refractivity contribution in [2.45, 2.75) is 32.6 Å². The predicted molar refractivity (Wildman–Crippen MR) is 28.4 cm³/mol. The number of hydrogen-bond donors (Lipinski definition) is 0. The van der Waals surface area contributed by atoms with Gasteiger partial charge in [-0.2, -0.15) is 0 Å². The fraction of sp³-hybridized carbons (Fsp3) is 0.833. The largest absolute Gasteiger partial charge is 1.03 e. The van der Waals surface area contributed by atoms with Crippen LogP contribution < -0.4 is 180 Å². The molecule has 1 nitrogen and oxygen atoms in total. The van der Waals surface area contributed by atoms with Crippen LogP contribution >= 0.6 is 0 Å². The molecule has 0 N–H and O–H groups in total. The molecular formula is C6H12ORb3+. The van der Waals surface area contributed by atoms with Crippen LogP contribution in [0.3, 0.4) is 0 Å². The molecule has 0 aliphatic heterocycles. The Labute approximate surface area is 211 Å². The molecule has 0 saturated heterocycles. The van der Waals surface area contributed by atoms with Crippen molar-refractivity contribution >= 4 is 0 Å². The maximum atomic E-state index is 9.68. The molecule has 0 heterocycles. The van der Waals surface area contributed by atoms with Crippen molar-refractivity contribution < 1.29 is 180 Å². The first-order valence-corrected chi connectivity index (χ1v) is 2.85. The number of unbranched alkanes of at least 4 members (excludes halogenated alkanes) is 3. The van der Waals surface area contributed by atoms with Gasteiger partial charge in [-0.05, 0) is 0 Å². The van der Waals surface area contributed by atoms with Gasteiger partial charge in [0.05, 0.1) is 0 Å². The Balaban J connectivity index is -0.0000000600. The molecule has 0 fully saturated rings. The van der Waals surface area contributed by atoms with E-state index in [-0.39, 0.29) is 175 Å². The Morgan fingerprint density at radius 1 is 1.10 bits per heavy atom. The summed E-state index contributed by atoms with van der Waals surface area (Å²) in [5.41, 5.74) is 0. The third kappa shape index (κ3) is 23.3. The van der Waals surface area contributed by atoms with Gasteiger partial charge in [0, 0.05) is 0 Å². The Morgan fingerprint density at radius 3 is 1.90 bits per heavy atom. The smallest absolute Gasteiger partial charge is 1.00 e. The molecule has 0 aromatic rings. The van der Waals surface area contributed by atoms with Crippen LogP contribution in [0.1, 0.15) is 32.6 Å². The van der Waals surface area contributed by atoms with E-state index in [0.717, 1.165) is 19.4 Å². The van der Waals surface area contributed by atoms with Gasteiger partial charge < -0.3 is 11.7 Å². The fourth-order valence-electron chi connectivity index (χ4n) is 0.478. The Kier molecular flexibility index (Phi) is 58.7. The van der Waals surface area contributed by atoms with Crippen LogP contribution in [0.5, 0.6) is 0 Å². The maximum absolute atomic E-state index is 9.68. The molecule has 44 valence electrons. The Morgan fingerprint density at radius 2 is 1.60 bits per heavy atom. The minimum Gasteiger partial charge on any atom is -1.03 e. The SMILES string of the molecule is CCCCC[CH-][O-].[Rb+].[Rb+].[Rb+]. The minimum absolute atomic E-state index is 0. The monoisotopic (exact) mass is 355 g/mol. The van der Waals surface area contributed by atoms with Gasteiger partial charge in [0.1, 0.15) is 0 Å². The Hall–Kier alpha value is 5.38. The standard InChI is InChI=1S/C6H12O.3Rb/c1-2-3-4-5-6-7;;;/h6H,2-5H2,1H3;;;/q-2;3*+1. The normalized spacial score (nSPS) is 6.60. The molecule has 0 radical (unpaired) electrons. The Bertz CT molecular complexity index is 32.2.